The molecule has 6 rings (SSSR count). The molecule has 8 nitrogen and oxygen atoms in total. The van der Waals surface area contributed by atoms with Crippen molar-refractivity contribution in [3.05, 3.63) is 53.7 Å². The van der Waals surface area contributed by atoms with Crippen molar-refractivity contribution in [3.63, 3.8) is 0 Å². The summed E-state index contributed by atoms with van der Waals surface area (Å²) in [5, 5.41) is 0. The number of nitrogens with zero attached hydrogens (tertiary/aromatic N) is 6. The SMILES string of the molecule is CCc1c(N)ncnc1N1CCC(c2nc(-c3ccc(C)cc3)cn2CCN2CC3(COC3)C2)CC1. The van der Waals surface area contributed by atoms with Crippen LogP contribution in [0, 0.1) is 12.3 Å². The first-order chi connectivity index (χ1) is 17.5. The van der Waals surface area contributed by atoms with Gasteiger partial charge in [-0.15, -0.1) is 0 Å². The number of ether oxygens (including phenoxy) is 1. The molecule has 3 aliphatic rings. The standard InChI is InChI=1S/C28H37N7O/c1-3-23-25(29)30-19-31-27(23)34-10-8-22(9-11-34)26-32-24(21-6-4-20(2)5-7-21)14-35(26)13-12-33-15-28(16-33)17-36-18-28/h4-7,14,19,22H,3,8-13,15-18H2,1-2H3,(H2,29,30,31). The number of rotatable bonds is 7. The summed E-state index contributed by atoms with van der Waals surface area (Å²) in [7, 11) is 0. The molecule has 3 fully saturated rings. The molecule has 3 aromatic rings. The fourth-order valence-electron chi connectivity index (χ4n) is 6.06. The summed E-state index contributed by atoms with van der Waals surface area (Å²) >= 11 is 0. The fourth-order valence-corrected chi connectivity index (χ4v) is 6.06. The Hall–Kier alpha value is -2.97. The van der Waals surface area contributed by atoms with Crippen molar-refractivity contribution in [1.29, 1.82) is 0 Å². The minimum absolute atomic E-state index is 0.437. The first-order valence-corrected chi connectivity index (χ1v) is 13.3. The third kappa shape index (κ3) is 4.37. The molecule has 1 spiro atoms. The average molecular weight is 488 g/mol. The van der Waals surface area contributed by atoms with Crippen LogP contribution in [0.25, 0.3) is 11.3 Å². The summed E-state index contributed by atoms with van der Waals surface area (Å²) in [6.45, 7) is 12.4. The highest BCUT2D eigenvalue weighted by Gasteiger charge is 2.48. The van der Waals surface area contributed by atoms with E-state index in [1.807, 2.05) is 0 Å². The highest BCUT2D eigenvalue weighted by Crippen LogP contribution is 2.38. The molecule has 0 aliphatic carbocycles. The van der Waals surface area contributed by atoms with E-state index in [1.54, 1.807) is 6.33 Å². The Morgan fingerprint density at radius 3 is 2.47 bits per heavy atom. The van der Waals surface area contributed by atoms with Crippen molar-refractivity contribution in [2.75, 3.05) is 56.6 Å². The van der Waals surface area contributed by atoms with Gasteiger partial charge in [-0.2, -0.15) is 0 Å². The molecule has 0 radical (unpaired) electrons. The summed E-state index contributed by atoms with van der Waals surface area (Å²) in [5.41, 5.74) is 11.2. The molecule has 0 saturated carbocycles. The lowest BCUT2D eigenvalue weighted by Crippen LogP contribution is -2.66. The van der Waals surface area contributed by atoms with Gasteiger partial charge in [-0.25, -0.2) is 15.0 Å². The monoisotopic (exact) mass is 487 g/mol. The molecule has 8 heteroatoms. The quantitative estimate of drug-likeness (QED) is 0.546. The number of piperidine rings is 1. The van der Waals surface area contributed by atoms with E-state index >= 15 is 0 Å². The van der Waals surface area contributed by atoms with Crippen molar-refractivity contribution in [2.45, 2.75) is 45.6 Å². The number of anilines is 2. The molecule has 36 heavy (non-hydrogen) atoms. The molecule has 1 aromatic carbocycles. The molecule has 2 N–H and O–H groups in total. The van der Waals surface area contributed by atoms with Crippen LogP contribution in [0.5, 0.6) is 0 Å². The van der Waals surface area contributed by atoms with E-state index in [9.17, 15) is 0 Å². The maximum absolute atomic E-state index is 6.15. The van der Waals surface area contributed by atoms with Gasteiger partial charge in [0.1, 0.15) is 23.8 Å². The van der Waals surface area contributed by atoms with Crippen molar-refractivity contribution in [2.24, 2.45) is 5.41 Å². The number of imidazole rings is 1. The number of aryl methyl sites for hydroxylation is 1. The molecule has 0 amide bonds. The molecule has 3 aliphatic heterocycles. The summed E-state index contributed by atoms with van der Waals surface area (Å²) < 4.78 is 7.88. The fraction of sp³-hybridized carbons (Fsp3) is 0.536. The topological polar surface area (TPSA) is 85.3 Å². The lowest BCUT2D eigenvalue weighted by Gasteiger charge is -2.55. The largest absolute Gasteiger partial charge is 0.383 e. The highest BCUT2D eigenvalue weighted by atomic mass is 16.5. The van der Waals surface area contributed by atoms with Gasteiger partial charge < -0.3 is 24.8 Å². The molecule has 3 saturated heterocycles. The molecule has 190 valence electrons. The van der Waals surface area contributed by atoms with Crippen LogP contribution in [-0.4, -0.2) is 70.4 Å². The van der Waals surface area contributed by atoms with Gasteiger partial charge in [0.2, 0.25) is 0 Å². The van der Waals surface area contributed by atoms with Crippen LogP contribution >= 0.6 is 0 Å². The number of nitrogen functional groups attached to an aromatic ring is 1. The number of benzene rings is 1. The molecule has 2 aromatic heterocycles. The van der Waals surface area contributed by atoms with Crippen molar-refractivity contribution < 1.29 is 4.74 Å². The lowest BCUT2D eigenvalue weighted by molar-refractivity contribution is -0.189. The molecular weight excluding hydrogens is 450 g/mol. The van der Waals surface area contributed by atoms with Crippen LogP contribution in [0.1, 0.15) is 42.6 Å². The Labute approximate surface area is 213 Å². The summed E-state index contributed by atoms with van der Waals surface area (Å²) in [5.74, 6) is 3.26. The first-order valence-electron chi connectivity index (χ1n) is 13.3. The number of hydrogen-bond acceptors (Lipinski definition) is 7. The Morgan fingerprint density at radius 2 is 1.81 bits per heavy atom. The predicted molar refractivity (Wildman–Crippen MR) is 142 cm³/mol. The minimum Gasteiger partial charge on any atom is -0.383 e. The van der Waals surface area contributed by atoms with E-state index < -0.39 is 0 Å². The zero-order chi connectivity index (χ0) is 24.7. The van der Waals surface area contributed by atoms with Gasteiger partial charge in [0, 0.05) is 67.9 Å². The Kier molecular flexibility index (Phi) is 6.17. The number of likely N-dealkylation sites (tertiary alicyclic amines) is 1. The van der Waals surface area contributed by atoms with Crippen molar-refractivity contribution in [3.8, 4) is 11.3 Å². The lowest BCUT2D eigenvalue weighted by atomic mass is 9.78. The van der Waals surface area contributed by atoms with Gasteiger partial charge in [0.05, 0.1) is 18.9 Å². The van der Waals surface area contributed by atoms with Crippen LogP contribution in [0.2, 0.25) is 0 Å². The number of aromatic nitrogens is 4. The maximum atomic E-state index is 6.15. The molecule has 0 atom stereocenters. The van der Waals surface area contributed by atoms with E-state index in [-0.39, 0.29) is 0 Å². The average Bonchev–Trinajstić information content (AvgIpc) is 3.27. The second kappa shape index (κ2) is 9.48. The molecule has 0 bridgehead atoms. The zero-order valence-electron chi connectivity index (χ0n) is 21.5. The Bertz CT molecular complexity index is 1200. The van der Waals surface area contributed by atoms with Gasteiger partial charge in [0.25, 0.3) is 0 Å². The van der Waals surface area contributed by atoms with Crippen molar-refractivity contribution >= 4 is 11.6 Å². The summed E-state index contributed by atoms with van der Waals surface area (Å²) in [4.78, 5) is 18.9. The van der Waals surface area contributed by atoms with E-state index in [0.29, 0.717) is 17.2 Å². The van der Waals surface area contributed by atoms with Gasteiger partial charge in [-0.1, -0.05) is 36.8 Å². The molecular formula is C28H37N7O. The van der Waals surface area contributed by atoms with Crippen LogP contribution in [-0.2, 0) is 17.7 Å². The molecule has 0 unspecified atom stereocenters. The number of hydrogen-bond donors (Lipinski definition) is 1. The van der Waals surface area contributed by atoms with Gasteiger partial charge in [-0.3, -0.25) is 0 Å². The van der Waals surface area contributed by atoms with Crippen LogP contribution in [0.15, 0.2) is 36.8 Å². The van der Waals surface area contributed by atoms with Crippen molar-refractivity contribution in [1.82, 2.24) is 24.4 Å². The van der Waals surface area contributed by atoms with E-state index in [1.165, 1.54) is 30.0 Å². The highest BCUT2D eigenvalue weighted by molar-refractivity contribution is 5.59. The normalized spacial score (nSPS) is 19.9. The van der Waals surface area contributed by atoms with Gasteiger partial charge >= 0.3 is 0 Å². The van der Waals surface area contributed by atoms with Gasteiger partial charge in [0.15, 0.2) is 0 Å². The van der Waals surface area contributed by atoms with E-state index in [0.717, 1.165) is 75.7 Å². The third-order valence-corrected chi connectivity index (χ3v) is 8.22. The minimum atomic E-state index is 0.437. The zero-order valence-corrected chi connectivity index (χ0v) is 21.5. The van der Waals surface area contributed by atoms with Crippen LogP contribution < -0.4 is 10.6 Å². The van der Waals surface area contributed by atoms with Crippen LogP contribution in [0.4, 0.5) is 11.6 Å². The molecule has 5 heterocycles. The number of nitrogens with two attached hydrogens (primary N) is 1. The van der Waals surface area contributed by atoms with E-state index in [2.05, 4.69) is 68.6 Å². The Balaban J connectivity index is 1.19. The third-order valence-electron chi connectivity index (χ3n) is 8.22. The predicted octanol–water partition coefficient (Wildman–Crippen LogP) is 3.51. The summed E-state index contributed by atoms with van der Waals surface area (Å²) in [6, 6.07) is 8.73. The maximum Gasteiger partial charge on any atom is 0.137 e. The second-order valence-corrected chi connectivity index (χ2v) is 10.9. The van der Waals surface area contributed by atoms with E-state index in [4.69, 9.17) is 15.5 Å². The second-order valence-electron chi connectivity index (χ2n) is 10.9. The smallest absolute Gasteiger partial charge is 0.137 e. The first kappa shape index (κ1) is 23.4. The van der Waals surface area contributed by atoms with Crippen LogP contribution in [0.3, 0.4) is 0 Å². The van der Waals surface area contributed by atoms with Gasteiger partial charge in [-0.05, 0) is 26.2 Å². The summed E-state index contributed by atoms with van der Waals surface area (Å²) in [6.07, 6.45) is 6.82. The Morgan fingerprint density at radius 1 is 1.06 bits per heavy atom.